The zero-order chi connectivity index (χ0) is 15.3. The molecule has 4 rings (SSSR count). The molecule has 1 aromatic heterocycles. The Kier molecular flexibility index (Phi) is 2.72. The lowest BCUT2D eigenvalue weighted by atomic mass is 10.1. The minimum Gasteiger partial charge on any atom is -0.354 e. The van der Waals surface area contributed by atoms with E-state index in [1.54, 1.807) is 4.90 Å². The first-order chi connectivity index (χ1) is 10.6. The normalized spacial score (nSPS) is 22.6. The van der Waals surface area contributed by atoms with Crippen LogP contribution >= 0.6 is 0 Å². The van der Waals surface area contributed by atoms with Crippen molar-refractivity contribution >= 4 is 17.7 Å². The van der Waals surface area contributed by atoms with Gasteiger partial charge in [0.25, 0.3) is 11.8 Å². The van der Waals surface area contributed by atoms with Gasteiger partial charge in [0.2, 0.25) is 5.91 Å². The number of nitrogens with zero attached hydrogens (tertiary/aromatic N) is 4. The van der Waals surface area contributed by atoms with E-state index in [2.05, 4.69) is 20.9 Å². The van der Waals surface area contributed by atoms with E-state index in [9.17, 15) is 14.4 Å². The summed E-state index contributed by atoms with van der Waals surface area (Å²) < 4.78 is 1.45. The Morgan fingerprint density at radius 3 is 2.73 bits per heavy atom. The number of nitrogens with one attached hydrogen (secondary N) is 2. The molecule has 3 aliphatic rings. The van der Waals surface area contributed by atoms with Crippen LogP contribution in [0.2, 0.25) is 0 Å². The van der Waals surface area contributed by atoms with Crippen molar-refractivity contribution in [1.82, 2.24) is 30.5 Å². The summed E-state index contributed by atoms with van der Waals surface area (Å²) in [7, 11) is 0. The second-order valence-corrected chi connectivity index (χ2v) is 5.86. The van der Waals surface area contributed by atoms with Crippen molar-refractivity contribution in [1.29, 1.82) is 0 Å². The molecule has 9 heteroatoms. The van der Waals surface area contributed by atoms with E-state index in [-0.39, 0.29) is 29.1 Å². The maximum atomic E-state index is 12.9. The van der Waals surface area contributed by atoms with Crippen LogP contribution in [0.25, 0.3) is 0 Å². The van der Waals surface area contributed by atoms with Gasteiger partial charge in [0.15, 0.2) is 11.4 Å². The number of carbonyl (C=O) groups is 3. The molecule has 116 valence electrons. The quantitative estimate of drug-likeness (QED) is 0.657. The molecule has 0 unspecified atom stereocenters. The molecular formula is C13H16N6O3. The molecule has 22 heavy (non-hydrogen) atoms. The molecule has 2 N–H and O–H groups in total. The van der Waals surface area contributed by atoms with Gasteiger partial charge in [-0.15, -0.1) is 5.10 Å². The predicted octanol–water partition coefficient (Wildman–Crippen LogP) is -1.48. The largest absolute Gasteiger partial charge is 0.354 e. The first-order valence-corrected chi connectivity index (χ1v) is 7.45. The summed E-state index contributed by atoms with van der Waals surface area (Å²) in [5.41, 5.74) is -0.523. The fourth-order valence-electron chi connectivity index (χ4n) is 3.18. The topological polar surface area (TPSA) is 109 Å². The highest BCUT2D eigenvalue weighted by molar-refractivity contribution is 6.07. The monoisotopic (exact) mass is 304 g/mol. The van der Waals surface area contributed by atoms with Gasteiger partial charge in [0.05, 0.1) is 6.54 Å². The Morgan fingerprint density at radius 1 is 1.14 bits per heavy atom. The molecular weight excluding hydrogens is 288 g/mol. The SMILES string of the molecule is O=C1NCCn2nnc(C(=O)N3CCCNC(=O)C34CC4)c21. The first-order valence-electron chi connectivity index (χ1n) is 7.45. The zero-order valence-electron chi connectivity index (χ0n) is 12.0. The van der Waals surface area contributed by atoms with Crippen LogP contribution in [0.15, 0.2) is 0 Å². The van der Waals surface area contributed by atoms with E-state index in [4.69, 9.17) is 0 Å². The molecule has 9 nitrogen and oxygen atoms in total. The van der Waals surface area contributed by atoms with Gasteiger partial charge < -0.3 is 15.5 Å². The highest BCUT2D eigenvalue weighted by Gasteiger charge is 2.57. The van der Waals surface area contributed by atoms with Crippen molar-refractivity contribution in [2.24, 2.45) is 0 Å². The van der Waals surface area contributed by atoms with Crippen LogP contribution in [-0.4, -0.2) is 62.8 Å². The molecule has 1 spiro atoms. The summed E-state index contributed by atoms with van der Waals surface area (Å²) in [5, 5.41) is 13.3. The van der Waals surface area contributed by atoms with Crippen molar-refractivity contribution in [3.8, 4) is 0 Å². The van der Waals surface area contributed by atoms with Gasteiger partial charge in [0, 0.05) is 19.6 Å². The van der Waals surface area contributed by atoms with Crippen molar-refractivity contribution in [3.05, 3.63) is 11.4 Å². The third-order valence-corrected chi connectivity index (χ3v) is 4.51. The van der Waals surface area contributed by atoms with Crippen molar-refractivity contribution in [3.63, 3.8) is 0 Å². The fraction of sp³-hybridized carbons (Fsp3) is 0.615. The molecule has 0 bridgehead atoms. The van der Waals surface area contributed by atoms with E-state index >= 15 is 0 Å². The van der Waals surface area contributed by atoms with E-state index in [1.165, 1.54) is 4.68 Å². The second-order valence-electron chi connectivity index (χ2n) is 5.86. The van der Waals surface area contributed by atoms with E-state index in [0.29, 0.717) is 45.4 Å². The number of hydrogen-bond acceptors (Lipinski definition) is 5. The summed E-state index contributed by atoms with van der Waals surface area (Å²) >= 11 is 0. The molecule has 0 aromatic carbocycles. The Morgan fingerprint density at radius 2 is 1.95 bits per heavy atom. The summed E-state index contributed by atoms with van der Waals surface area (Å²) in [6.07, 6.45) is 2.00. The van der Waals surface area contributed by atoms with E-state index in [0.717, 1.165) is 0 Å². The third-order valence-electron chi connectivity index (χ3n) is 4.51. The summed E-state index contributed by atoms with van der Waals surface area (Å²) in [5.74, 6) is -0.833. The number of aromatic nitrogens is 3. The van der Waals surface area contributed by atoms with Crippen molar-refractivity contribution in [2.75, 3.05) is 19.6 Å². The number of hydrogen-bond donors (Lipinski definition) is 2. The average Bonchev–Trinajstić information content (AvgIpc) is 3.22. The minimum absolute atomic E-state index is 0.0400. The third kappa shape index (κ3) is 1.74. The van der Waals surface area contributed by atoms with E-state index in [1.807, 2.05) is 0 Å². The first kappa shape index (κ1) is 13.2. The number of fused-ring (bicyclic) bond motifs is 1. The zero-order valence-corrected chi connectivity index (χ0v) is 12.0. The highest BCUT2D eigenvalue weighted by Crippen LogP contribution is 2.43. The van der Waals surface area contributed by atoms with Crippen LogP contribution in [0.1, 0.15) is 40.2 Å². The standard InChI is InChI=1S/C13H16N6O3/c20-10-9-8(16-17-19(9)7-5-14-10)11(21)18-6-1-4-15-12(22)13(18)2-3-13/h1-7H2,(H,14,20)(H,15,22). The Hall–Kier alpha value is -2.45. The molecule has 2 aliphatic heterocycles. The van der Waals surface area contributed by atoms with Gasteiger partial charge in [-0.1, -0.05) is 5.21 Å². The average molecular weight is 304 g/mol. The summed E-state index contributed by atoms with van der Waals surface area (Å²) in [6, 6.07) is 0. The molecule has 0 atom stereocenters. The molecule has 3 heterocycles. The number of amides is 3. The molecule has 1 saturated carbocycles. The maximum Gasteiger partial charge on any atom is 0.277 e. The van der Waals surface area contributed by atoms with Crippen LogP contribution in [0.4, 0.5) is 0 Å². The van der Waals surface area contributed by atoms with Gasteiger partial charge in [-0.05, 0) is 19.3 Å². The lowest BCUT2D eigenvalue weighted by molar-refractivity contribution is -0.126. The molecule has 1 aromatic rings. The fourth-order valence-corrected chi connectivity index (χ4v) is 3.18. The minimum atomic E-state index is -0.755. The van der Waals surface area contributed by atoms with Gasteiger partial charge in [-0.3, -0.25) is 14.4 Å². The van der Waals surface area contributed by atoms with E-state index < -0.39 is 5.54 Å². The van der Waals surface area contributed by atoms with Gasteiger partial charge in [0.1, 0.15) is 5.54 Å². The maximum absolute atomic E-state index is 12.9. The van der Waals surface area contributed by atoms with Gasteiger partial charge in [-0.2, -0.15) is 0 Å². The van der Waals surface area contributed by atoms with Gasteiger partial charge >= 0.3 is 0 Å². The molecule has 1 aliphatic carbocycles. The predicted molar refractivity (Wildman–Crippen MR) is 73.0 cm³/mol. The van der Waals surface area contributed by atoms with Crippen LogP contribution < -0.4 is 10.6 Å². The molecule has 3 amide bonds. The number of rotatable bonds is 1. The molecule has 0 radical (unpaired) electrons. The Labute approximate surface area is 126 Å². The lowest BCUT2D eigenvalue weighted by Crippen LogP contribution is -2.50. The van der Waals surface area contributed by atoms with Crippen LogP contribution in [0.5, 0.6) is 0 Å². The van der Waals surface area contributed by atoms with Crippen LogP contribution in [0.3, 0.4) is 0 Å². The summed E-state index contributed by atoms with van der Waals surface area (Å²) in [4.78, 5) is 38.7. The Bertz CT molecular complexity index is 677. The van der Waals surface area contributed by atoms with Crippen LogP contribution in [-0.2, 0) is 11.3 Å². The molecule has 1 saturated heterocycles. The van der Waals surface area contributed by atoms with Crippen LogP contribution in [0, 0.1) is 0 Å². The molecule has 2 fully saturated rings. The highest BCUT2D eigenvalue weighted by atomic mass is 16.2. The lowest BCUT2D eigenvalue weighted by Gasteiger charge is -2.28. The Balaban J connectivity index is 1.71. The van der Waals surface area contributed by atoms with Gasteiger partial charge in [-0.25, -0.2) is 4.68 Å². The van der Waals surface area contributed by atoms with Crippen molar-refractivity contribution < 1.29 is 14.4 Å². The van der Waals surface area contributed by atoms with Crippen molar-refractivity contribution in [2.45, 2.75) is 31.3 Å². The number of carbonyl (C=O) groups excluding carboxylic acids is 3. The second kappa shape index (κ2) is 4.52. The summed E-state index contributed by atoms with van der Waals surface area (Å²) in [6.45, 7) is 2.00. The smallest absolute Gasteiger partial charge is 0.277 e.